The lowest BCUT2D eigenvalue weighted by Gasteiger charge is -2.35. The molecule has 1 aromatic heterocycles. The molecule has 9 nitrogen and oxygen atoms in total. The number of likely N-dealkylation sites (N-methyl/N-ethyl adjacent to an activating group) is 1. The maximum atomic E-state index is 12.7. The fraction of sp³-hybridized carbons (Fsp3) is 0.542. The fourth-order valence-electron chi connectivity index (χ4n) is 5.40. The molecule has 0 radical (unpaired) electrons. The Morgan fingerprint density at radius 3 is 2.83 bits per heavy atom. The lowest BCUT2D eigenvalue weighted by molar-refractivity contribution is -0.132. The van der Waals surface area contributed by atoms with Gasteiger partial charge in [0.2, 0.25) is 11.9 Å². The van der Waals surface area contributed by atoms with E-state index < -0.39 is 10.8 Å². The van der Waals surface area contributed by atoms with E-state index in [2.05, 4.69) is 15.5 Å². The number of fused-ring (bicyclic) bond motifs is 2. The molecule has 1 amide bonds. The SMILES string of the molecule is CN1C[C@@H](Nc2nc(N3CCC(C4Nc5ccc(Cl)cc5O4)CC3)nc3c2S(=O)CC3)CCC1=O. The van der Waals surface area contributed by atoms with Crippen molar-refractivity contribution in [3.63, 3.8) is 0 Å². The first-order valence-electron chi connectivity index (χ1n) is 12.2. The van der Waals surface area contributed by atoms with Gasteiger partial charge in [0.25, 0.3) is 0 Å². The summed E-state index contributed by atoms with van der Waals surface area (Å²) in [5.74, 6) is 3.29. The molecule has 2 N–H and O–H groups in total. The molecule has 5 heterocycles. The van der Waals surface area contributed by atoms with Gasteiger partial charge in [-0.25, -0.2) is 4.98 Å². The topological polar surface area (TPSA) is 99.7 Å². The summed E-state index contributed by atoms with van der Waals surface area (Å²) in [6.07, 6.45) is 3.80. The maximum Gasteiger partial charge on any atom is 0.227 e. The standard InChI is InChI=1S/C24H29ClN6O3S/c1-30-13-16(3-5-20(30)32)26-22-21-18(8-11-35(21)33)28-24(29-22)31-9-6-14(7-10-31)23-27-17-4-2-15(25)12-19(17)34-23/h2,4,12,14,16,23,27H,3,5-11,13H2,1H3,(H,26,28,29)/t16-,23?,35?/m0/s1. The first kappa shape index (κ1) is 22.8. The second-order valence-electron chi connectivity index (χ2n) is 9.75. The summed E-state index contributed by atoms with van der Waals surface area (Å²) in [7, 11) is 0.732. The van der Waals surface area contributed by atoms with Gasteiger partial charge in [-0.15, -0.1) is 0 Å². The van der Waals surface area contributed by atoms with Gasteiger partial charge in [0.05, 0.1) is 22.2 Å². The summed E-state index contributed by atoms with van der Waals surface area (Å²) in [4.78, 5) is 26.3. The molecule has 186 valence electrons. The molecule has 0 aliphatic carbocycles. The highest BCUT2D eigenvalue weighted by molar-refractivity contribution is 7.85. The monoisotopic (exact) mass is 516 g/mol. The minimum atomic E-state index is -1.09. The molecule has 1 aromatic carbocycles. The first-order chi connectivity index (χ1) is 16.9. The quantitative estimate of drug-likeness (QED) is 0.640. The Labute approximate surface area is 212 Å². The Bertz CT molecular complexity index is 1190. The van der Waals surface area contributed by atoms with E-state index in [9.17, 15) is 9.00 Å². The molecule has 3 atom stereocenters. The van der Waals surface area contributed by atoms with Crippen molar-refractivity contribution in [2.75, 3.05) is 48.0 Å². The van der Waals surface area contributed by atoms with E-state index in [0.717, 1.165) is 54.4 Å². The van der Waals surface area contributed by atoms with Crippen LogP contribution in [0.25, 0.3) is 0 Å². The Balaban J connectivity index is 1.16. The van der Waals surface area contributed by atoms with Gasteiger partial charge in [-0.1, -0.05) is 11.6 Å². The van der Waals surface area contributed by atoms with E-state index in [1.54, 1.807) is 4.90 Å². The van der Waals surface area contributed by atoms with E-state index in [1.807, 2.05) is 25.2 Å². The zero-order valence-corrected chi connectivity index (χ0v) is 21.2. The van der Waals surface area contributed by atoms with E-state index in [0.29, 0.717) is 47.8 Å². The van der Waals surface area contributed by atoms with Crippen LogP contribution in [-0.2, 0) is 22.0 Å². The number of ether oxygens (including phenoxy) is 1. The molecule has 2 fully saturated rings. The number of hydrogen-bond acceptors (Lipinski definition) is 8. The van der Waals surface area contributed by atoms with Crippen LogP contribution in [0, 0.1) is 5.92 Å². The van der Waals surface area contributed by atoms with Gasteiger partial charge < -0.3 is 25.2 Å². The van der Waals surface area contributed by atoms with Crippen molar-refractivity contribution in [2.24, 2.45) is 5.92 Å². The van der Waals surface area contributed by atoms with Gasteiger partial charge >= 0.3 is 0 Å². The molecule has 4 aliphatic rings. The third-order valence-corrected chi connectivity index (χ3v) is 9.08. The fourth-order valence-corrected chi connectivity index (χ4v) is 6.87. The molecule has 2 aromatic rings. The number of hydrogen-bond donors (Lipinski definition) is 2. The Hall–Kier alpha value is -2.59. The highest BCUT2D eigenvalue weighted by atomic mass is 35.5. The van der Waals surface area contributed by atoms with Crippen LogP contribution in [-0.4, -0.2) is 69.7 Å². The molecule has 4 aliphatic heterocycles. The number of nitrogens with one attached hydrogen (secondary N) is 2. The summed E-state index contributed by atoms with van der Waals surface area (Å²) < 4.78 is 18.9. The van der Waals surface area contributed by atoms with Crippen molar-refractivity contribution in [3.8, 4) is 5.75 Å². The van der Waals surface area contributed by atoms with Gasteiger partial charge in [0.15, 0.2) is 6.23 Å². The van der Waals surface area contributed by atoms with Crippen LogP contribution >= 0.6 is 11.6 Å². The van der Waals surface area contributed by atoms with Crippen LogP contribution in [0.5, 0.6) is 5.75 Å². The van der Waals surface area contributed by atoms with Crippen molar-refractivity contribution in [1.82, 2.24) is 14.9 Å². The van der Waals surface area contributed by atoms with Gasteiger partial charge in [0.1, 0.15) is 16.5 Å². The largest absolute Gasteiger partial charge is 0.468 e. The number of benzene rings is 1. The Morgan fingerprint density at radius 1 is 1.20 bits per heavy atom. The average Bonchev–Trinajstić information content (AvgIpc) is 3.45. The molecular formula is C24H29ClN6O3S. The van der Waals surface area contributed by atoms with E-state index in [1.165, 1.54) is 0 Å². The van der Waals surface area contributed by atoms with Crippen molar-refractivity contribution in [3.05, 3.63) is 28.9 Å². The van der Waals surface area contributed by atoms with Crippen LogP contribution in [0.3, 0.4) is 0 Å². The van der Waals surface area contributed by atoms with E-state index in [4.69, 9.17) is 26.3 Å². The normalized spacial score (nSPS) is 26.2. The summed E-state index contributed by atoms with van der Waals surface area (Å²) >= 11 is 6.11. The number of carbonyl (C=O) groups is 1. The van der Waals surface area contributed by atoms with Crippen molar-refractivity contribution < 1.29 is 13.7 Å². The number of rotatable bonds is 4. The second kappa shape index (κ2) is 9.13. The summed E-state index contributed by atoms with van der Waals surface area (Å²) in [5, 5.41) is 7.66. The predicted molar refractivity (Wildman–Crippen MR) is 136 cm³/mol. The summed E-state index contributed by atoms with van der Waals surface area (Å²) in [6, 6.07) is 5.78. The van der Waals surface area contributed by atoms with Gasteiger partial charge in [-0.2, -0.15) is 4.98 Å². The number of amides is 1. The first-order valence-corrected chi connectivity index (χ1v) is 13.9. The number of halogens is 1. The number of aryl methyl sites for hydroxylation is 1. The lowest BCUT2D eigenvalue weighted by atomic mass is 9.95. The molecular weight excluding hydrogens is 488 g/mol. The van der Waals surface area contributed by atoms with Crippen LogP contribution in [0.2, 0.25) is 5.02 Å². The molecule has 0 bridgehead atoms. The molecule has 35 heavy (non-hydrogen) atoms. The number of aromatic nitrogens is 2. The zero-order valence-electron chi connectivity index (χ0n) is 19.6. The van der Waals surface area contributed by atoms with Gasteiger partial charge in [-0.3, -0.25) is 9.00 Å². The minimum absolute atomic E-state index is 0.0581. The third kappa shape index (κ3) is 4.42. The van der Waals surface area contributed by atoms with Crippen LogP contribution in [0.4, 0.5) is 17.5 Å². The lowest BCUT2D eigenvalue weighted by Crippen LogP contribution is -2.43. The van der Waals surface area contributed by atoms with E-state index in [-0.39, 0.29) is 18.2 Å². The summed E-state index contributed by atoms with van der Waals surface area (Å²) in [6.45, 7) is 2.27. The minimum Gasteiger partial charge on any atom is -0.468 e. The molecule has 0 saturated carbocycles. The number of piperidine rings is 2. The number of anilines is 3. The third-order valence-electron chi connectivity index (χ3n) is 7.39. The molecule has 6 rings (SSSR count). The van der Waals surface area contributed by atoms with E-state index >= 15 is 0 Å². The summed E-state index contributed by atoms with van der Waals surface area (Å²) in [5.41, 5.74) is 1.87. The second-order valence-corrected chi connectivity index (χ2v) is 11.7. The number of carbonyl (C=O) groups excluding carboxylic acids is 1. The highest BCUT2D eigenvalue weighted by Gasteiger charge is 2.35. The molecule has 2 saturated heterocycles. The van der Waals surface area contributed by atoms with Gasteiger partial charge in [-0.05, 0) is 31.4 Å². The Kier molecular flexibility index (Phi) is 5.96. The molecule has 11 heteroatoms. The zero-order chi connectivity index (χ0) is 24.1. The maximum absolute atomic E-state index is 12.7. The molecule has 2 unspecified atom stereocenters. The predicted octanol–water partition coefficient (Wildman–Crippen LogP) is 2.87. The van der Waals surface area contributed by atoms with Crippen molar-refractivity contribution in [1.29, 1.82) is 0 Å². The molecule has 0 spiro atoms. The Morgan fingerprint density at radius 2 is 2.03 bits per heavy atom. The van der Waals surface area contributed by atoms with Crippen molar-refractivity contribution >= 4 is 45.8 Å². The van der Waals surface area contributed by atoms with Crippen LogP contribution in [0.15, 0.2) is 23.1 Å². The van der Waals surface area contributed by atoms with Crippen LogP contribution in [0.1, 0.15) is 31.4 Å². The number of likely N-dealkylation sites (tertiary alicyclic amines) is 1. The smallest absolute Gasteiger partial charge is 0.227 e. The highest BCUT2D eigenvalue weighted by Crippen LogP contribution is 2.39. The average molecular weight is 517 g/mol. The number of nitrogens with zero attached hydrogens (tertiary/aromatic N) is 4. The van der Waals surface area contributed by atoms with Gasteiger partial charge in [0, 0.05) is 68.3 Å². The van der Waals surface area contributed by atoms with Crippen molar-refractivity contribution in [2.45, 2.75) is 49.3 Å². The van der Waals surface area contributed by atoms with Crippen LogP contribution < -0.4 is 20.3 Å².